The van der Waals surface area contributed by atoms with Gasteiger partial charge in [0.25, 0.3) is 17.5 Å². The molecule has 0 radical (unpaired) electrons. The van der Waals surface area contributed by atoms with Crippen LogP contribution in [0.1, 0.15) is 33.2 Å². The summed E-state index contributed by atoms with van der Waals surface area (Å²) < 4.78 is 0. The number of nitro groups is 1. The van der Waals surface area contributed by atoms with Gasteiger partial charge in [-0.2, -0.15) is 0 Å². The fraction of sp³-hybridized carbons (Fsp3) is 0.158. The fourth-order valence-electron chi connectivity index (χ4n) is 3.55. The third-order valence-corrected chi connectivity index (χ3v) is 4.75. The maximum Gasteiger partial charge on any atom is 0.282 e. The smallest absolute Gasteiger partial charge is 0.282 e. The molecule has 0 unspecified atom stereocenters. The second kappa shape index (κ2) is 5.80. The van der Waals surface area contributed by atoms with Crippen molar-refractivity contribution in [2.24, 2.45) is 0 Å². The maximum atomic E-state index is 12.8. The highest BCUT2D eigenvalue weighted by Gasteiger charge is 2.43. The number of nitrogens with zero attached hydrogens (tertiary/aromatic N) is 2. The molecule has 26 heavy (non-hydrogen) atoms. The lowest BCUT2D eigenvalue weighted by molar-refractivity contribution is -0.385. The van der Waals surface area contributed by atoms with Crippen molar-refractivity contribution in [2.45, 2.75) is 19.4 Å². The maximum absolute atomic E-state index is 12.8. The first-order chi connectivity index (χ1) is 12.5. The Labute approximate surface area is 148 Å². The van der Waals surface area contributed by atoms with E-state index in [4.69, 9.17) is 0 Å². The van der Waals surface area contributed by atoms with E-state index in [0.29, 0.717) is 6.42 Å². The van der Waals surface area contributed by atoms with Crippen molar-refractivity contribution in [3.63, 3.8) is 0 Å². The van der Waals surface area contributed by atoms with Crippen LogP contribution in [0.5, 0.6) is 0 Å². The third-order valence-electron chi connectivity index (χ3n) is 4.75. The van der Waals surface area contributed by atoms with Crippen molar-refractivity contribution < 1.29 is 14.5 Å². The van der Waals surface area contributed by atoms with Gasteiger partial charge in [-0.3, -0.25) is 24.6 Å². The fourth-order valence-corrected chi connectivity index (χ4v) is 3.55. The number of aromatic amines is 1. The van der Waals surface area contributed by atoms with Crippen LogP contribution >= 0.6 is 0 Å². The topological polar surface area (TPSA) is 96.3 Å². The molecule has 2 aromatic carbocycles. The quantitative estimate of drug-likeness (QED) is 0.444. The molecule has 130 valence electrons. The van der Waals surface area contributed by atoms with Crippen LogP contribution in [0.2, 0.25) is 0 Å². The molecule has 0 fully saturated rings. The van der Waals surface area contributed by atoms with Crippen LogP contribution in [0, 0.1) is 10.1 Å². The van der Waals surface area contributed by atoms with Crippen molar-refractivity contribution in [1.82, 2.24) is 9.88 Å². The van der Waals surface area contributed by atoms with Crippen LogP contribution < -0.4 is 0 Å². The van der Waals surface area contributed by atoms with Gasteiger partial charge >= 0.3 is 0 Å². The van der Waals surface area contributed by atoms with Crippen molar-refractivity contribution >= 4 is 28.4 Å². The van der Waals surface area contributed by atoms with Crippen molar-refractivity contribution in [3.05, 3.63) is 75.5 Å². The molecule has 1 aliphatic heterocycles. The minimum absolute atomic E-state index is 0.0926. The summed E-state index contributed by atoms with van der Waals surface area (Å²) in [4.78, 5) is 40.3. The summed E-state index contributed by atoms with van der Waals surface area (Å²) in [5.74, 6) is -1.09. The highest BCUT2D eigenvalue weighted by Crippen LogP contribution is 2.32. The number of aromatic nitrogens is 1. The molecule has 2 heterocycles. The van der Waals surface area contributed by atoms with Crippen LogP contribution in [0.25, 0.3) is 10.9 Å². The third kappa shape index (κ3) is 2.28. The van der Waals surface area contributed by atoms with Gasteiger partial charge in [0.2, 0.25) is 0 Å². The molecule has 1 aliphatic rings. The summed E-state index contributed by atoms with van der Waals surface area (Å²) >= 11 is 0. The van der Waals surface area contributed by atoms with Gasteiger partial charge in [-0.05, 0) is 31.0 Å². The van der Waals surface area contributed by atoms with E-state index in [1.54, 1.807) is 6.92 Å². The number of nitrogens with one attached hydrogen (secondary N) is 1. The first-order valence-electron chi connectivity index (χ1n) is 8.19. The Morgan fingerprint density at radius 1 is 1.12 bits per heavy atom. The molecule has 1 atom stereocenters. The van der Waals surface area contributed by atoms with Crippen LogP contribution in [0.4, 0.5) is 5.69 Å². The highest BCUT2D eigenvalue weighted by atomic mass is 16.6. The molecule has 3 aromatic rings. The normalized spacial score (nSPS) is 14.7. The van der Waals surface area contributed by atoms with Crippen LogP contribution in [0.15, 0.2) is 48.7 Å². The van der Waals surface area contributed by atoms with Gasteiger partial charge in [0, 0.05) is 29.2 Å². The number of hydrogen-bond acceptors (Lipinski definition) is 4. The first-order valence-corrected chi connectivity index (χ1v) is 8.19. The molecule has 0 saturated carbocycles. The Morgan fingerprint density at radius 2 is 1.88 bits per heavy atom. The SMILES string of the molecule is C[C@@H](Cc1c[nH]c2ccccc12)N1C(=O)c2cccc([N+](=O)[O-])c2C1=O. The number of carbonyl (C=O) groups excluding carboxylic acids is 2. The minimum atomic E-state index is -0.627. The van der Waals surface area contributed by atoms with E-state index in [0.717, 1.165) is 21.4 Å². The van der Waals surface area contributed by atoms with E-state index < -0.39 is 22.8 Å². The predicted octanol–water partition coefficient (Wildman–Crippen LogP) is 3.30. The number of imide groups is 1. The highest BCUT2D eigenvalue weighted by molar-refractivity contribution is 6.23. The van der Waals surface area contributed by atoms with E-state index in [1.807, 2.05) is 30.5 Å². The van der Waals surface area contributed by atoms with Crippen LogP contribution in [-0.4, -0.2) is 32.7 Å². The zero-order valence-electron chi connectivity index (χ0n) is 13.9. The van der Waals surface area contributed by atoms with Crippen molar-refractivity contribution in [1.29, 1.82) is 0 Å². The zero-order valence-corrected chi connectivity index (χ0v) is 13.9. The minimum Gasteiger partial charge on any atom is -0.361 e. The molecule has 4 rings (SSSR count). The molecule has 1 N–H and O–H groups in total. The largest absolute Gasteiger partial charge is 0.361 e. The summed E-state index contributed by atoms with van der Waals surface area (Å²) in [7, 11) is 0. The summed E-state index contributed by atoms with van der Waals surface area (Å²) in [5.41, 5.74) is 1.61. The number of nitro benzene ring substituents is 1. The monoisotopic (exact) mass is 349 g/mol. The summed E-state index contributed by atoms with van der Waals surface area (Å²) in [6.45, 7) is 1.77. The van der Waals surface area contributed by atoms with E-state index in [1.165, 1.54) is 18.2 Å². The lowest BCUT2D eigenvalue weighted by Crippen LogP contribution is -2.39. The van der Waals surface area contributed by atoms with Crippen LogP contribution in [0.3, 0.4) is 0 Å². The number of para-hydroxylation sites is 1. The van der Waals surface area contributed by atoms with Gasteiger partial charge in [0.05, 0.1) is 10.5 Å². The average Bonchev–Trinajstić information content (AvgIpc) is 3.14. The standard InChI is InChI=1S/C19H15N3O4/c1-11(9-12-10-20-15-7-3-2-5-13(12)15)21-18(23)14-6-4-8-16(22(25)26)17(14)19(21)24/h2-8,10-11,20H,9H2,1H3/t11-/m0/s1. The Kier molecular flexibility index (Phi) is 3.57. The van der Waals surface area contributed by atoms with Crippen LogP contribution in [-0.2, 0) is 6.42 Å². The van der Waals surface area contributed by atoms with E-state index >= 15 is 0 Å². The number of fused-ring (bicyclic) bond motifs is 2. The molecule has 7 nitrogen and oxygen atoms in total. The van der Waals surface area contributed by atoms with E-state index in [2.05, 4.69) is 4.98 Å². The van der Waals surface area contributed by atoms with E-state index in [9.17, 15) is 19.7 Å². The van der Waals surface area contributed by atoms with Gasteiger partial charge in [-0.25, -0.2) is 0 Å². The first kappa shape index (κ1) is 16.0. The lowest BCUT2D eigenvalue weighted by Gasteiger charge is -2.22. The lowest BCUT2D eigenvalue weighted by atomic mass is 10.1. The summed E-state index contributed by atoms with van der Waals surface area (Å²) in [6.07, 6.45) is 2.32. The Hall–Kier alpha value is -3.48. The van der Waals surface area contributed by atoms with Crippen molar-refractivity contribution in [2.75, 3.05) is 0 Å². The Bertz CT molecular complexity index is 1070. The number of benzene rings is 2. The van der Waals surface area contributed by atoms with Gasteiger partial charge < -0.3 is 4.98 Å². The van der Waals surface area contributed by atoms with E-state index in [-0.39, 0.29) is 16.8 Å². The molecular formula is C19H15N3O4. The molecular weight excluding hydrogens is 334 g/mol. The Morgan fingerprint density at radius 3 is 2.65 bits per heavy atom. The second-order valence-corrected chi connectivity index (χ2v) is 6.35. The molecule has 0 bridgehead atoms. The van der Waals surface area contributed by atoms with Gasteiger partial charge in [0.15, 0.2) is 0 Å². The molecule has 0 spiro atoms. The van der Waals surface area contributed by atoms with Gasteiger partial charge in [-0.15, -0.1) is 0 Å². The number of H-pyrrole nitrogens is 1. The number of rotatable bonds is 4. The van der Waals surface area contributed by atoms with Crippen molar-refractivity contribution in [3.8, 4) is 0 Å². The zero-order chi connectivity index (χ0) is 18.4. The predicted molar refractivity (Wildman–Crippen MR) is 95.1 cm³/mol. The van der Waals surface area contributed by atoms with Gasteiger partial charge in [0.1, 0.15) is 5.56 Å². The molecule has 0 saturated heterocycles. The number of carbonyl (C=O) groups is 2. The number of hydrogen-bond donors (Lipinski definition) is 1. The average molecular weight is 349 g/mol. The summed E-state index contributed by atoms with van der Waals surface area (Å²) in [5, 5.41) is 12.2. The molecule has 0 aliphatic carbocycles. The summed E-state index contributed by atoms with van der Waals surface area (Å²) in [6, 6.07) is 11.5. The van der Waals surface area contributed by atoms with Gasteiger partial charge in [-0.1, -0.05) is 24.3 Å². The number of amides is 2. The molecule has 1 aromatic heterocycles. The Balaban J connectivity index is 1.68. The second-order valence-electron chi connectivity index (χ2n) is 6.35. The molecule has 7 heteroatoms. The molecule has 2 amide bonds.